The molecule has 154 valence electrons. The average molecular weight is 424 g/mol. The van der Waals surface area contributed by atoms with Crippen molar-refractivity contribution in [1.29, 1.82) is 0 Å². The number of carboxylic acids is 1. The number of aromatic carboxylic acids is 1. The number of hydrogen-bond donors (Lipinski definition) is 2. The molecule has 1 atom stereocenters. The number of halogens is 1. The predicted molar refractivity (Wildman–Crippen MR) is 116 cm³/mol. The molecule has 0 bridgehead atoms. The predicted octanol–water partition coefficient (Wildman–Crippen LogP) is 5.42. The molecule has 0 heterocycles. The van der Waals surface area contributed by atoms with Gasteiger partial charge in [0.15, 0.2) is 0 Å². The van der Waals surface area contributed by atoms with Gasteiger partial charge in [0.2, 0.25) is 0 Å². The smallest absolute Gasteiger partial charge is 0.335 e. The van der Waals surface area contributed by atoms with Crippen LogP contribution in [0.2, 0.25) is 5.02 Å². The Morgan fingerprint density at radius 3 is 2.47 bits per heavy atom. The van der Waals surface area contributed by atoms with Gasteiger partial charge in [0.1, 0.15) is 12.4 Å². The second kappa shape index (κ2) is 9.46. The Kier molecular flexibility index (Phi) is 6.75. The zero-order valence-corrected chi connectivity index (χ0v) is 17.4. The molecule has 3 aromatic carbocycles. The zero-order chi connectivity index (χ0) is 21.7. The monoisotopic (exact) mass is 423 g/mol. The number of carboxylic acid groups (broad SMARTS) is 1. The Hall–Kier alpha value is -3.31. The standard InChI is InChI=1S/C24H22ClNO4/c1-15-6-7-19(14-30-21-5-3-4-20(25)13-21)22(12-15)23(27)26-16(2)17-8-10-18(11-9-17)24(28)29/h3-13,16H,14H2,1-2H3,(H,26,27)(H,28,29). The van der Waals surface area contributed by atoms with Crippen LogP contribution in [0.1, 0.15) is 50.4 Å². The van der Waals surface area contributed by atoms with E-state index in [1.54, 1.807) is 30.3 Å². The lowest BCUT2D eigenvalue weighted by Crippen LogP contribution is -2.28. The van der Waals surface area contributed by atoms with Gasteiger partial charge < -0.3 is 15.2 Å². The van der Waals surface area contributed by atoms with E-state index in [2.05, 4.69) is 5.32 Å². The molecule has 0 aromatic heterocycles. The molecule has 0 aliphatic rings. The molecular formula is C24H22ClNO4. The highest BCUT2D eigenvalue weighted by molar-refractivity contribution is 6.30. The molecular weight excluding hydrogens is 402 g/mol. The molecule has 0 saturated heterocycles. The summed E-state index contributed by atoms with van der Waals surface area (Å²) in [6, 6.07) is 18.9. The van der Waals surface area contributed by atoms with Crippen LogP contribution in [0.15, 0.2) is 66.7 Å². The van der Waals surface area contributed by atoms with Crippen molar-refractivity contribution in [3.8, 4) is 5.75 Å². The Morgan fingerprint density at radius 2 is 1.80 bits per heavy atom. The number of benzene rings is 3. The Balaban J connectivity index is 1.74. The maximum Gasteiger partial charge on any atom is 0.335 e. The SMILES string of the molecule is Cc1ccc(COc2cccc(Cl)c2)c(C(=O)NC(C)c2ccc(C(=O)O)cc2)c1. The third-order valence-electron chi connectivity index (χ3n) is 4.71. The second-order valence-corrected chi connectivity index (χ2v) is 7.47. The van der Waals surface area contributed by atoms with Crippen LogP contribution in [0.3, 0.4) is 0 Å². The van der Waals surface area contributed by atoms with Gasteiger partial charge in [-0.05, 0) is 55.8 Å². The molecule has 6 heteroatoms. The Labute approximate surface area is 180 Å². The number of aryl methyl sites for hydroxylation is 1. The first kappa shape index (κ1) is 21.4. The lowest BCUT2D eigenvalue weighted by atomic mass is 10.0. The molecule has 0 aliphatic carbocycles. The Bertz CT molecular complexity index is 1060. The van der Waals surface area contributed by atoms with Crippen molar-refractivity contribution in [2.75, 3.05) is 0 Å². The molecule has 0 saturated carbocycles. The van der Waals surface area contributed by atoms with Crippen molar-refractivity contribution in [3.05, 3.63) is 99.6 Å². The van der Waals surface area contributed by atoms with Gasteiger partial charge in [-0.25, -0.2) is 4.79 Å². The molecule has 1 amide bonds. The van der Waals surface area contributed by atoms with E-state index in [9.17, 15) is 9.59 Å². The lowest BCUT2D eigenvalue weighted by Gasteiger charge is -2.17. The van der Waals surface area contributed by atoms with Crippen molar-refractivity contribution in [3.63, 3.8) is 0 Å². The summed E-state index contributed by atoms with van der Waals surface area (Å²) in [6.07, 6.45) is 0. The molecule has 0 spiro atoms. The summed E-state index contributed by atoms with van der Waals surface area (Å²) in [7, 11) is 0. The molecule has 5 nitrogen and oxygen atoms in total. The number of carbonyl (C=O) groups excluding carboxylic acids is 1. The average Bonchev–Trinajstić information content (AvgIpc) is 2.72. The van der Waals surface area contributed by atoms with Crippen LogP contribution >= 0.6 is 11.6 Å². The van der Waals surface area contributed by atoms with Crippen molar-refractivity contribution in [1.82, 2.24) is 5.32 Å². The summed E-state index contributed by atoms with van der Waals surface area (Å²) in [5.41, 5.74) is 3.27. The van der Waals surface area contributed by atoms with Crippen LogP contribution < -0.4 is 10.1 Å². The van der Waals surface area contributed by atoms with E-state index >= 15 is 0 Å². The summed E-state index contributed by atoms with van der Waals surface area (Å²) in [5, 5.41) is 12.6. The van der Waals surface area contributed by atoms with E-state index < -0.39 is 5.97 Å². The van der Waals surface area contributed by atoms with Crippen molar-refractivity contribution >= 4 is 23.5 Å². The molecule has 0 radical (unpaired) electrons. The normalized spacial score (nSPS) is 11.6. The summed E-state index contributed by atoms with van der Waals surface area (Å²) >= 11 is 5.99. The van der Waals surface area contributed by atoms with E-state index in [1.807, 2.05) is 38.1 Å². The molecule has 1 unspecified atom stereocenters. The molecule has 2 N–H and O–H groups in total. The van der Waals surface area contributed by atoms with Crippen LogP contribution in [0.4, 0.5) is 0 Å². The van der Waals surface area contributed by atoms with Gasteiger partial charge >= 0.3 is 5.97 Å². The maximum atomic E-state index is 13.0. The summed E-state index contributed by atoms with van der Waals surface area (Å²) in [4.78, 5) is 24.0. The number of ether oxygens (including phenoxy) is 1. The highest BCUT2D eigenvalue weighted by Crippen LogP contribution is 2.21. The largest absolute Gasteiger partial charge is 0.489 e. The molecule has 3 aromatic rings. The van der Waals surface area contributed by atoms with E-state index in [-0.39, 0.29) is 24.1 Å². The summed E-state index contributed by atoms with van der Waals surface area (Å²) in [6.45, 7) is 4.00. The summed E-state index contributed by atoms with van der Waals surface area (Å²) < 4.78 is 5.81. The van der Waals surface area contributed by atoms with Crippen molar-refractivity contribution in [2.24, 2.45) is 0 Å². The maximum absolute atomic E-state index is 13.0. The van der Waals surface area contributed by atoms with Gasteiger partial charge in [0.05, 0.1) is 11.6 Å². The minimum Gasteiger partial charge on any atom is -0.489 e. The minimum absolute atomic E-state index is 0.205. The molecule has 0 fully saturated rings. The van der Waals surface area contributed by atoms with Crippen LogP contribution in [0.5, 0.6) is 5.75 Å². The zero-order valence-electron chi connectivity index (χ0n) is 16.7. The first-order valence-electron chi connectivity index (χ1n) is 9.45. The number of hydrogen-bond acceptors (Lipinski definition) is 3. The van der Waals surface area contributed by atoms with E-state index in [0.717, 1.165) is 16.7 Å². The Morgan fingerprint density at radius 1 is 1.07 bits per heavy atom. The fourth-order valence-electron chi connectivity index (χ4n) is 3.02. The van der Waals surface area contributed by atoms with Gasteiger partial charge in [-0.2, -0.15) is 0 Å². The van der Waals surface area contributed by atoms with E-state index in [4.69, 9.17) is 21.4 Å². The second-order valence-electron chi connectivity index (χ2n) is 7.03. The number of carbonyl (C=O) groups is 2. The van der Waals surface area contributed by atoms with Gasteiger partial charge in [-0.1, -0.05) is 47.5 Å². The van der Waals surface area contributed by atoms with Crippen LogP contribution in [-0.4, -0.2) is 17.0 Å². The van der Waals surface area contributed by atoms with Gasteiger partial charge in [-0.15, -0.1) is 0 Å². The topological polar surface area (TPSA) is 75.6 Å². The number of nitrogens with one attached hydrogen (secondary N) is 1. The quantitative estimate of drug-likeness (QED) is 0.532. The van der Waals surface area contributed by atoms with Gasteiger partial charge in [-0.3, -0.25) is 4.79 Å². The fraction of sp³-hybridized carbons (Fsp3) is 0.167. The first-order chi connectivity index (χ1) is 14.3. The molecule has 30 heavy (non-hydrogen) atoms. The van der Waals surface area contributed by atoms with Crippen LogP contribution in [0, 0.1) is 6.92 Å². The molecule has 0 aliphatic heterocycles. The van der Waals surface area contributed by atoms with Crippen molar-refractivity contribution < 1.29 is 19.4 Å². The number of amides is 1. The lowest BCUT2D eigenvalue weighted by molar-refractivity contribution is 0.0696. The van der Waals surface area contributed by atoms with Crippen LogP contribution in [-0.2, 0) is 6.61 Å². The third-order valence-corrected chi connectivity index (χ3v) is 4.94. The molecule has 3 rings (SSSR count). The number of rotatable bonds is 7. The third kappa shape index (κ3) is 5.39. The minimum atomic E-state index is -0.984. The van der Waals surface area contributed by atoms with Crippen molar-refractivity contribution in [2.45, 2.75) is 26.5 Å². The van der Waals surface area contributed by atoms with Gasteiger partial charge in [0.25, 0.3) is 5.91 Å². The summed E-state index contributed by atoms with van der Waals surface area (Å²) in [5.74, 6) is -0.582. The van der Waals surface area contributed by atoms with Crippen LogP contribution in [0.25, 0.3) is 0 Å². The highest BCUT2D eigenvalue weighted by Gasteiger charge is 2.16. The van der Waals surface area contributed by atoms with E-state index in [0.29, 0.717) is 16.3 Å². The first-order valence-corrected chi connectivity index (χ1v) is 9.83. The fourth-order valence-corrected chi connectivity index (χ4v) is 3.20. The van der Waals surface area contributed by atoms with E-state index in [1.165, 1.54) is 12.1 Å². The highest BCUT2D eigenvalue weighted by atomic mass is 35.5. The van der Waals surface area contributed by atoms with Gasteiger partial charge in [0, 0.05) is 16.1 Å².